The Morgan fingerprint density at radius 2 is 1.97 bits per heavy atom. The molecule has 32 heavy (non-hydrogen) atoms. The first-order valence-corrected chi connectivity index (χ1v) is 12.4. The highest BCUT2D eigenvalue weighted by atomic mass is 32.1. The highest BCUT2D eigenvalue weighted by molar-refractivity contribution is 7.18. The van der Waals surface area contributed by atoms with E-state index in [1.807, 2.05) is 6.07 Å². The fourth-order valence-electron chi connectivity index (χ4n) is 5.39. The average Bonchev–Trinajstić information content (AvgIpc) is 3.15. The monoisotopic (exact) mass is 444 g/mol. The number of para-hydroxylation sites is 2. The number of benzene rings is 2. The van der Waals surface area contributed by atoms with Crippen LogP contribution in [0.3, 0.4) is 0 Å². The van der Waals surface area contributed by atoms with Gasteiger partial charge in [-0.15, -0.1) is 11.3 Å². The standard InChI is InChI=1S/C26H28N4OS/c31-25(27-12-9-18-16-28-21-6-2-1-5-19(18)21)20-15-26(20)10-13-30(14-11-26)17-24-29-22-7-3-4-8-23(22)32-24/h1-8,16,20,28H,9-15,17H2,(H,27,31). The van der Waals surface area contributed by atoms with E-state index in [0.717, 1.165) is 56.4 Å². The zero-order valence-electron chi connectivity index (χ0n) is 18.1. The smallest absolute Gasteiger partial charge is 0.223 e. The molecule has 1 saturated heterocycles. The van der Waals surface area contributed by atoms with Crippen molar-refractivity contribution in [3.63, 3.8) is 0 Å². The number of thiazole rings is 1. The molecule has 1 aliphatic heterocycles. The number of amides is 1. The van der Waals surface area contributed by atoms with Crippen LogP contribution in [-0.4, -0.2) is 40.4 Å². The molecule has 2 aromatic heterocycles. The topological polar surface area (TPSA) is 61.0 Å². The number of likely N-dealkylation sites (tertiary alicyclic amines) is 1. The molecule has 1 spiro atoms. The molecule has 2 N–H and O–H groups in total. The van der Waals surface area contributed by atoms with E-state index < -0.39 is 0 Å². The predicted octanol–water partition coefficient (Wildman–Crippen LogP) is 4.74. The highest BCUT2D eigenvalue weighted by Crippen LogP contribution is 2.59. The number of nitrogens with zero attached hydrogens (tertiary/aromatic N) is 2. The molecule has 2 aliphatic rings. The Hall–Kier alpha value is -2.70. The van der Waals surface area contributed by atoms with Gasteiger partial charge in [0.15, 0.2) is 0 Å². The summed E-state index contributed by atoms with van der Waals surface area (Å²) in [6.45, 7) is 3.76. The van der Waals surface area contributed by atoms with Crippen LogP contribution in [0.2, 0.25) is 0 Å². The summed E-state index contributed by atoms with van der Waals surface area (Å²) in [5.41, 5.74) is 3.78. The number of hydrogen-bond acceptors (Lipinski definition) is 4. The molecule has 0 radical (unpaired) electrons. The molecule has 164 valence electrons. The quantitative estimate of drug-likeness (QED) is 0.452. The normalized spacial score (nSPS) is 20.2. The van der Waals surface area contributed by atoms with E-state index in [-0.39, 0.29) is 17.2 Å². The molecule has 5 nitrogen and oxygen atoms in total. The second kappa shape index (κ2) is 8.01. The maximum absolute atomic E-state index is 12.8. The summed E-state index contributed by atoms with van der Waals surface area (Å²) in [5, 5.41) is 5.66. The van der Waals surface area contributed by atoms with E-state index in [4.69, 9.17) is 4.98 Å². The number of H-pyrrole nitrogens is 1. The number of carbonyl (C=O) groups excluding carboxylic acids is 1. The molecule has 6 rings (SSSR count). The lowest BCUT2D eigenvalue weighted by Crippen LogP contribution is -2.37. The number of carbonyl (C=O) groups is 1. The summed E-state index contributed by atoms with van der Waals surface area (Å²) >= 11 is 1.80. The average molecular weight is 445 g/mol. The van der Waals surface area contributed by atoms with Crippen LogP contribution in [0.5, 0.6) is 0 Å². The van der Waals surface area contributed by atoms with Crippen molar-refractivity contribution in [1.29, 1.82) is 0 Å². The number of hydrogen-bond donors (Lipinski definition) is 2. The first-order chi connectivity index (χ1) is 15.7. The van der Waals surface area contributed by atoms with Crippen molar-refractivity contribution in [2.24, 2.45) is 11.3 Å². The molecule has 0 bridgehead atoms. The third-order valence-electron chi connectivity index (χ3n) is 7.42. The highest BCUT2D eigenvalue weighted by Gasteiger charge is 2.58. The molecule has 4 aromatic rings. The van der Waals surface area contributed by atoms with E-state index in [0.29, 0.717) is 6.54 Å². The lowest BCUT2D eigenvalue weighted by molar-refractivity contribution is -0.123. The molecule has 1 atom stereocenters. The lowest BCUT2D eigenvalue weighted by Gasteiger charge is -2.32. The molecular formula is C26H28N4OS. The molecular weight excluding hydrogens is 416 g/mol. The van der Waals surface area contributed by atoms with Gasteiger partial charge in [-0.05, 0) is 68.0 Å². The van der Waals surface area contributed by atoms with Gasteiger partial charge in [0.2, 0.25) is 5.91 Å². The summed E-state index contributed by atoms with van der Waals surface area (Å²) in [6.07, 6.45) is 6.24. The molecule has 2 aromatic carbocycles. The number of fused-ring (bicyclic) bond motifs is 2. The van der Waals surface area contributed by atoms with E-state index >= 15 is 0 Å². The summed E-state index contributed by atoms with van der Waals surface area (Å²) in [5.74, 6) is 0.458. The number of rotatable bonds is 6. The van der Waals surface area contributed by atoms with Crippen LogP contribution < -0.4 is 5.32 Å². The number of piperidine rings is 1. The van der Waals surface area contributed by atoms with Crippen LogP contribution in [0.4, 0.5) is 0 Å². The maximum atomic E-state index is 12.8. The fourth-order valence-corrected chi connectivity index (χ4v) is 6.40. The zero-order chi connectivity index (χ0) is 21.5. The van der Waals surface area contributed by atoms with E-state index in [9.17, 15) is 4.79 Å². The van der Waals surface area contributed by atoms with Crippen LogP contribution in [0.15, 0.2) is 54.7 Å². The minimum Gasteiger partial charge on any atom is -0.361 e. The van der Waals surface area contributed by atoms with Gasteiger partial charge >= 0.3 is 0 Å². The minimum absolute atomic E-state index is 0.204. The summed E-state index contributed by atoms with van der Waals surface area (Å²) in [4.78, 5) is 23.4. The van der Waals surface area contributed by atoms with Gasteiger partial charge in [-0.3, -0.25) is 9.69 Å². The first-order valence-electron chi connectivity index (χ1n) is 11.6. The third kappa shape index (κ3) is 3.71. The Balaban J connectivity index is 0.987. The van der Waals surface area contributed by atoms with Crippen LogP contribution in [0.25, 0.3) is 21.1 Å². The van der Waals surface area contributed by atoms with Crippen molar-refractivity contribution in [2.75, 3.05) is 19.6 Å². The number of nitrogens with one attached hydrogen (secondary N) is 2. The van der Waals surface area contributed by atoms with Crippen LogP contribution in [0, 0.1) is 11.3 Å². The second-order valence-electron chi connectivity index (χ2n) is 9.37. The Labute approximate surface area is 191 Å². The van der Waals surface area contributed by atoms with Gasteiger partial charge in [0.25, 0.3) is 0 Å². The van der Waals surface area contributed by atoms with Gasteiger partial charge in [-0.25, -0.2) is 4.98 Å². The van der Waals surface area contributed by atoms with Gasteiger partial charge in [-0.1, -0.05) is 30.3 Å². The van der Waals surface area contributed by atoms with Gasteiger partial charge in [0.1, 0.15) is 5.01 Å². The molecule has 2 fully saturated rings. The summed E-state index contributed by atoms with van der Waals surface area (Å²) in [6, 6.07) is 16.7. The number of aromatic nitrogens is 2. The third-order valence-corrected chi connectivity index (χ3v) is 8.44. The molecule has 1 unspecified atom stereocenters. The molecule has 1 amide bonds. The van der Waals surface area contributed by atoms with Gasteiger partial charge < -0.3 is 10.3 Å². The summed E-state index contributed by atoms with van der Waals surface area (Å²) < 4.78 is 1.27. The molecule has 6 heteroatoms. The zero-order valence-corrected chi connectivity index (χ0v) is 19.0. The van der Waals surface area contributed by atoms with E-state index in [1.165, 1.54) is 20.7 Å². The SMILES string of the molecule is O=C(NCCc1c[nH]c2ccccc12)C1CC12CCN(Cc1nc3ccccc3s1)CC2. The fraction of sp³-hybridized carbons (Fsp3) is 0.385. The van der Waals surface area contributed by atoms with E-state index in [2.05, 4.69) is 63.9 Å². The second-order valence-corrected chi connectivity index (χ2v) is 10.5. The Bertz CT molecular complexity index is 1230. The van der Waals surface area contributed by atoms with E-state index in [1.54, 1.807) is 11.3 Å². The van der Waals surface area contributed by atoms with Gasteiger partial charge in [0.05, 0.1) is 16.8 Å². The molecule has 1 aliphatic carbocycles. The maximum Gasteiger partial charge on any atom is 0.223 e. The van der Waals surface area contributed by atoms with Crippen molar-refractivity contribution < 1.29 is 4.79 Å². The Kier molecular flexibility index (Phi) is 5.00. The van der Waals surface area contributed by atoms with Crippen LogP contribution in [-0.2, 0) is 17.8 Å². The Morgan fingerprint density at radius 1 is 1.16 bits per heavy atom. The first kappa shape index (κ1) is 19.9. The lowest BCUT2D eigenvalue weighted by atomic mass is 9.90. The van der Waals surface area contributed by atoms with Crippen molar-refractivity contribution >= 4 is 38.4 Å². The predicted molar refractivity (Wildman–Crippen MR) is 130 cm³/mol. The van der Waals surface area contributed by atoms with Crippen molar-refractivity contribution in [3.8, 4) is 0 Å². The molecule has 1 saturated carbocycles. The van der Waals surface area contributed by atoms with Crippen LogP contribution >= 0.6 is 11.3 Å². The minimum atomic E-state index is 0.204. The Morgan fingerprint density at radius 3 is 2.84 bits per heavy atom. The van der Waals surface area contributed by atoms with Crippen LogP contribution in [0.1, 0.15) is 29.8 Å². The van der Waals surface area contributed by atoms with Crippen molar-refractivity contribution in [3.05, 3.63) is 65.3 Å². The van der Waals surface area contributed by atoms with Gasteiger partial charge in [0, 0.05) is 29.6 Å². The number of aromatic amines is 1. The van der Waals surface area contributed by atoms with Crippen molar-refractivity contribution in [2.45, 2.75) is 32.2 Å². The molecule has 3 heterocycles. The summed E-state index contributed by atoms with van der Waals surface area (Å²) in [7, 11) is 0. The largest absolute Gasteiger partial charge is 0.361 e. The van der Waals surface area contributed by atoms with Crippen molar-refractivity contribution in [1.82, 2.24) is 20.2 Å². The van der Waals surface area contributed by atoms with Gasteiger partial charge in [-0.2, -0.15) is 0 Å².